The number of anilines is 2. The highest BCUT2D eigenvalue weighted by molar-refractivity contribution is 5.76. The van der Waals surface area contributed by atoms with E-state index in [1.807, 2.05) is 37.5 Å². The topological polar surface area (TPSA) is 109 Å². The first-order chi connectivity index (χ1) is 14.6. The fraction of sp³-hybridized carbons (Fsp3) is 0.455. The lowest BCUT2D eigenvalue weighted by atomic mass is 10.0. The summed E-state index contributed by atoms with van der Waals surface area (Å²) >= 11 is 0. The van der Waals surface area contributed by atoms with E-state index < -0.39 is 0 Å². The van der Waals surface area contributed by atoms with Crippen LogP contribution in [0.3, 0.4) is 0 Å². The first-order valence-corrected chi connectivity index (χ1v) is 10.6. The lowest BCUT2D eigenvalue weighted by Crippen LogP contribution is -2.37. The molecule has 30 heavy (non-hydrogen) atoms. The van der Waals surface area contributed by atoms with Gasteiger partial charge in [0.05, 0.1) is 11.9 Å². The molecule has 8 heteroatoms. The van der Waals surface area contributed by atoms with E-state index in [0.717, 1.165) is 52.4 Å². The maximum atomic E-state index is 6.35. The number of rotatable bonds is 5. The average molecular weight is 405 g/mol. The van der Waals surface area contributed by atoms with E-state index in [4.69, 9.17) is 10.7 Å². The van der Waals surface area contributed by atoms with Gasteiger partial charge in [-0.15, -0.1) is 10.2 Å². The molecule has 0 aliphatic heterocycles. The van der Waals surface area contributed by atoms with Crippen LogP contribution in [0.2, 0.25) is 0 Å². The standard InChI is InChI=1S/C22H28N8/c1-24-22-18(15-11-25-26-12-15)3-4-19(27-22)20-5-6-21(29-28-20)30(2)17-9-14-7-13(14)8-16(23)10-17/h3-6,11-14,16-17H,7-10,23H2,1-2H3,(H,24,27)(H,25,26)/t13?,14-,16?,17-/m0/s1. The zero-order valence-electron chi connectivity index (χ0n) is 17.4. The number of nitrogens with zero attached hydrogens (tertiary/aromatic N) is 5. The lowest BCUT2D eigenvalue weighted by Gasteiger charge is -2.29. The zero-order valence-corrected chi connectivity index (χ0v) is 17.4. The van der Waals surface area contributed by atoms with Crippen LogP contribution in [0, 0.1) is 11.8 Å². The molecule has 5 rings (SSSR count). The largest absolute Gasteiger partial charge is 0.373 e. The highest BCUT2D eigenvalue weighted by Gasteiger charge is 2.43. The summed E-state index contributed by atoms with van der Waals surface area (Å²) < 4.78 is 0. The Morgan fingerprint density at radius 2 is 1.87 bits per heavy atom. The van der Waals surface area contributed by atoms with Crippen LogP contribution in [-0.4, -0.2) is 51.6 Å². The maximum absolute atomic E-state index is 6.35. The first kappa shape index (κ1) is 19.0. The number of aromatic amines is 1. The van der Waals surface area contributed by atoms with Crippen molar-refractivity contribution in [2.45, 2.75) is 37.8 Å². The summed E-state index contributed by atoms with van der Waals surface area (Å²) in [6.07, 6.45) is 8.39. The fourth-order valence-corrected chi connectivity index (χ4v) is 4.74. The second-order valence-electron chi connectivity index (χ2n) is 8.59. The Kier molecular flexibility index (Phi) is 4.86. The van der Waals surface area contributed by atoms with Crippen molar-refractivity contribution in [3.63, 3.8) is 0 Å². The smallest absolute Gasteiger partial charge is 0.151 e. The molecule has 156 valence electrons. The van der Waals surface area contributed by atoms with Gasteiger partial charge in [0.1, 0.15) is 11.5 Å². The molecule has 3 aromatic heterocycles. The first-order valence-electron chi connectivity index (χ1n) is 10.6. The summed E-state index contributed by atoms with van der Waals surface area (Å²) in [5.41, 5.74) is 9.86. The Morgan fingerprint density at radius 1 is 1.03 bits per heavy atom. The summed E-state index contributed by atoms with van der Waals surface area (Å²) in [7, 11) is 3.97. The molecular formula is C22H28N8. The van der Waals surface area contributed by atoms with Crippen LogP contribution in [0.15, 0.2) is 36.7 Å². The molecular weight excluding hydrogens is 376 g/mol. The second-order valence-corrected chi connectivity index (χ2v) is 8.59. The molecule has 2 aliphatic rings. The van der Waals surface area contributed by atoms with Crippen LogP contribution < -0.4 is 16.0 Å². The highest BCUT2D eigenvalue weighted by atomic mass is 15.3. The zero-order chi connectivity index (χ0) is 20.7. The van der Waals surface area contributed by atoms with Gasteiger partial charge in [-0.3, -0.25) is 5.10 Å². The van der Waals surface area contributed by atoms with E-state index in [-0.39, 0.29) is 0 Å². The number of H-pyrrole nitrogens is 1. The molecule has 3 heterocycles. The Hall–Kier alpha value is -3.00. The molecule has 0 bridgehead atoms. The van der Waals surface area contributed by atoms with E-state index in [9.17, 15) is 0 Å². The van der Waals surface area contributed by atoms with Gasteiger partial charge in [0.2, 0.25) is 0 Å². The third-order valence-electron chi connectivity index (χ3n) is 6.59. The molecule has 3 aromatic rings. The van der Waals surface area contributed by atoms with Crippen LogP contribution >= 0.6 is 0 Å². The summed E-state index contributed by atoms with van der Waals surface area (Å²) in [4.78, 5) is 6.99. The predicted octanol–water partition coefficient (Wildman–Crippen LogP) is 2.92. The summed E-state index contributed by atoms with van der Waals surface area (Å²) in [5, 5.41) is 19.0. The van der Waals surface area contributed by atoms with Gasteiger partial charge in [-0.05, 0) is 61.8 Å². The van der Waals surface area contributed by atoms with E-state index in [2.05, 4.69) is 37.7 Å². The normalized spacial score (nSPS) is 25.3. The number of nitrogens with one attached hydrogen (secondary N) is 2. The summed E-state index contributed by atoms with van der Waals surface area (Å²) in [6, 6.07) is 8.75. The number of fused-ring (bicyclic) bond motifs is 1. The molecule has 0 amide bonds. The quantitative estimate of drug-likeness (QED) is 0.600. The van der Waals surface area contributed by atoms with Crippen molar-refractivity contribution in [3.05, 3.63) is 36.7 Å². The molecule has 2 aliphatic carbocycles. The van der Waals surface area contributed by atoms with Crippen LogP contribution in [0.1, 0.15) is 25.7 Å². The van der Waals surface area contributed by atoms with Gasteiger partial charge in [0.15, 0.2) is 5.82 Å². The molecule has 2 fully saturated rings. The summed E-state index contributed by atoms with van der Waals surface area (Å²) in [5.74, 6) is 3.36. The van der Waals surface area contributed by atoms with E-state index >= 15 is 0 Å². The Balaban J connectivity index is 1.36. The Bertz CT molecular complexity index is 998. The number of aromatic nitrogens is 5. The predicted molar refractivity (Wildman–Crippen MR) is 118 cm³/mol. The van der Waals surface area contributed by atoms with Gasteiger partial charge in [0, 0.05) is 43.5 Å². The van der Waals surface area contributed by atoms with E-state index in [0.29, 0.717) is 12.1 Å². The van der Waals surface area contributed by atoms with Crippen molar-refractivity contribution in [3.8, 4) is 22.5 Å². The molecule has 0 radical (unpaired) electrons. The molecule has 0 aromatic carbocycles. The van der Waals surface area contributed by atoms with Gasteiger partial charge in [-0.2, -0.15) is 5.10 Å². The number of hydrogen-bond acceptors (Lipinski definition) is 7. The maximum Gasteiger partial charge on any atom is 0.151 e. The van der Waals surface area contributed by atoms with Crippen LogP contribution in [0.25, 0.3) is 22.5 Å². The third kappa shape index (κ3) is 3.63. The Labute approximate surface area is 176 Å². The lowest BCUT2D eigenvalue weighted by molar-refractivity contribution is 0.479. The monoisotopic (exact) mass is 404 g/mol. The van der Waals surface area contributed by atoms with Gasteiger partial charge >= 0.3 is 0 Å². The van der Waals surface area contributed by atoms with E-state index in [1.54, 1.807) is 6.20 Å². The van der Waals surface area contributed by atoms with Crippen molar-refractivity contribution >= 4 is 11.6 Å². The Morgan fingerprint density at radius 3 is 2.60 bits per heavy atom. The molecule has 8 nitrogen and oxygen atoms in total. The van der Waals surface area contributed by atoms with Gasteiger partial charge in [0.25, 0.3) is 0 Å². The minimum atomic E-state index is 0.292. The minimum absolute atomic E-state index is 0.292. The van der Waals surface area contributed by atoms with Gasteiger partial charge in [-0.25, -0.2) is 4.98 Å². The number of hydrogen-bond donors (Lipinski definition) is 3. The highest BCUT2D eigenvalue weighted by Crippen LogP contribution is 2.48. The summed E-state index contributed by atoms with van der Waals surface area (Å²) in [6.45, 7) is 0. The van der Waals surface area contributed by atoms with Crippen molar-refractivity contribution in [2.75, 3.05) is 24.3 Å². The van der Waals surface area contributed by atoms with Crippen molar-refractivity contribution in [2.24, 2.45) is 17.6 Å². The second kappa shape index (κ2) is 7.68. The molecule has 0 spiro atoms. The minimum Gasteiger partial charge on any atom is -0.373 e. The third-order valence-corrected chi connectivity index (χ3v) is 6.59. The molecule has 2 saturated carbocycles. The molecule has 4 atom stereocenters. The number of pyridine rings is 1. The van der Waals surface area contributed by atoms with Crippen LogP contribution in [-0.2, 0) is 0 Å². The average Bonchev–Trinajstić information content (AvgIpc) is 3.29. The van der Waals surface area contributed by atoms with Crippen molar-refractivity contribution < 1.29 is 0 Å². The van der Waals surface area contributed by atoms with Crippen LogP contribution in [0.5, 0.6) is 0 Å². The van der Waals surface area contributed by atoms with Gasteiger partial charge < -0.3 is 16.0 Å². The molecule has 4 N–H and O–H groups in total. The molecule has 2 unspecified atom stereocenters. The molecule has 0 saturated heterocycles. The SMILES string of the molecule is CNc1nc(-c2ccc(N(C)[C@@H]3CC(N)CC4C[C@H]4C3)nn2)ccc1-c1cn[nH]c1. The number of nitrogens with two attached hydrogens (primary N) is 1. The fourth-order valence-electron chi connectivity index (χ4n) is 4.74. The van der Waals surface area contributed by atoms with E-state index in [1.165, 1.54) is 19.3 Å². The van der Waals surface area contributed by atoms with Gasteiger partial charge in [-0.1, -0.05) is 0 Å². The van der Waals surface area contributed by atoms with Crippen molar-refractivity contribution in [1.29, 1.82) is 0 Å². The van der Waals surface area contributed by atoms with Crippen molar-refractivity contribution in [1.82, 2.24) is 25.4 Å². The van der Waals surface area contributed by atoms with Crippen LogP contribution in [0.4, 0.5) is 11.6 Å².